The number of amides is 1. The summed E-state index contributed by atoms with van der Waals surface area (Å²) in [5.74, 6) is 0.649. The molecule has 0 saturated carbocycles. The largest absolute Gasteiger partial charge is 0.497 e. The van der Waals surface area contributed by atoms with Gasteiger partial charge in [0.15, 0.2) is 0 Å². The smallest absolute Gasteiger partial charge is 0.271 e. The van der Waals surface area contributed by atoms with Crippen LogP contribution in [-0.4, -0.2) is 52.4 Å². The highest BCUT2D eigenvalue weighted by Crippen LogP contribution is 2.22. The Balaban J connectivity index is 1.77. The SMILES string of the molecule is COc1ccc(-c2cc(C(=O)N3CC[C@@H](O)C3)[nH]n2)cc1. The molecule has 3 rings (SSSR count). The minimum absolute atomic E-state index is 0.126. The van der Waals surface area contributed by atoms with E-state index in [0.29, 0.717) is 30.9 Å². The summed E-state index contributed by atoms with van der Waals surface area (Å²) >= 11 is 0. The lowest BCUT2D eigenvalue weighted by molar-refractivity contribution is 0.0759. The van der Waals surface area contributed by atoms with Gasteiger partial charge in [-0.15, -0.1) is 0 Å². The van der Waals surface area contributed by atoms with E-state index < -0.39 is 6.10 Å². The van der Waals surface area contributed by atoms with Gasteiger partial charge in [-0.1, -0.05) is 0 Å². The van der Waals surface area contributed by atoms with Crippen molar-refractivity contribution in [3.63, 3.8) is 0 Å². The van der Waals surface area contributed by atoms with E-state index in [-0.39, 0.29) is 5.91 Å². The Morgan fingerprint density at radius 1 is 1.43 bits per heavy atom. The lowest BCUT2D eigenvalue weighted by Gasteiger charge is -2.13. The third-order valence-corrected chi connectivity index (χ3v) is 3.64. The molecular formula is C15H17N3O3. The van der Waals surface area contributed by atoms with Crippen LogP contribution in [0.1, 0.15) is 16.9 Å². The molecule has 0 bridgehead atoms. The minimum Gasteiger partial charge on any atom is -0.497 e. The maximum atomic E-state index is 12.3. The molecule has 1 amide bonds. The zero-order chi connectivity index (χ0) is 14.8. The number of aromatic nitrogens is 2. The Bertz CT molecular complexity index is 636. The standard InChI is InChI=1S/C15H17N3O3/c1-21-12-4-2-10(3-5-12)13-8-14(17-16-13)15(20)18-7-6-11(19)9-18/h2-5,8,11,19H,6-7,9H2,1H3,(H,16,17)/t11-/m1/s1. The molecule has 1 saturated heterocycles. The van der Waals surface area contributed by atoms with Crippen molar-refractivity contribution in [1.82, 2.24) is 15.1 Å². The van der Waals surface area contributed by atoms with Crippen molar-refractivity contribution in [3.8, 4) is 17.0 Å². The van der Waals surface area contributed by atoms with E-state index in [2.05, 4.69) is 10.2 Å². The fourth-order valence-corrected chi connectivity index (χ4v) is 2.44. The highest BCUT2D eigenvalue weighted by Gasteiger charge is 2.26. The second kappa shape index (κ2) is 5.57. The maximum Gasteiger partial charge on any atom is 0.271 e. The minimum atomic E-state index is -0.419. The average molecular weight is 287 g/mol. The molecule has 2 N–H and O–H groups in total. The van der Waals surface area contributed by atoms with Crippen LogP contribution < -0.4 is 4.74 Å². The Morgan fingerprint density at radius 3 is 2.81 bits per heavy atom. The first-order valence-corrected chi connectivity index (χ1v) is 6.84. The Morgan fingerprint density at radius 2 is 2.19 bits per heavy atom. The van der Waals surface area contributed by atoms with Gasteiger partial charge in [0.1, 0.15) is 11.4 Å². The predicted molar refractivity (Wildman–Crippen MR) is 77.1 cm³/mol. The first kappa shape index (κ1) is 13.6. The summed E-state index contributed by atoms with van der Waals surface area (Å²) in [4.78, 5) is 13.9. The van der Waals surface area contributed by atoms with Crippen LogP contribution >= 0.6 is 0 Å². The lowest BCUT2D eigenvalue weighted by atomic mass is 10.1. The highest BCUT2D eigenvalue weighted by atomic mass is 16.5. The number of methoxy groups -OCH3 is 1. The zero-order valence-corrected chi connectivity index (χ0v) is 11.7. The van der Waals surface area contributed by atoms with Crippen molar-refractivity contribution in [1.29, 1.82) is 0 Å². The molecule has 2 heterocycles. The molecule has 6 nitrogen and oxygen atoms in total. The fraction of sp³-hybridized carbons (Fsp3) is 0.333. The molecule has 6 heteroatoms. The molecule has 2 aromatic rings. The number of β-amino-alcohol motifs (C(OH)–C–C–N with tert-alkyl or cyclic N) is 1. The van der Waals surface area contributed by atoms with Gasteiger partial charge in [-0.25, -0.2) is 0 Å². The van der Waals surface area contributed by atoms with Gasteiger partial charge in [-0.3, -0.25) is 9.89 Å². The number of hydrogen-bond acceptors (Lipinski definition) is 4. The van der Waals surface area contributed by atoms with E-state index in [9.17, 15) is 9.90 Å². The number of hydrogen-bond donors (Lipinski definition) is 2. The Hall–Kier alpha value is -2.34. The van der Waals surface area contributed by atoms with Gasteiger partial charge >= 0.3 is 0 Å². The van der Waals surface area contributed by atoms with Gasteiger partial charge in [-0.05, 0) is 36.8 Å². The molecular weight excluding hydrogens is 270 g/mol. The second-order valence-electron chi connectivity index (χ2n) is 5.09. The van der Waals surface area contributed by atoms with E-state index in [1.54, 1.807) is 18.1 Å². The van der Waals surface area contributed by atoms with Crippen LogP contribution in [0.5, 0.6) is 5.75 Å². The number of benzene rings is 1. The van der Waals surface area contributed by atoms with Gasteiger partial charge < -0.3 is 14.7 Å². The van der Waals surface area contributed by atoms with Gasteiger partial charge in [0.25, 0.3) is 5.91 Å². The van der Waals surface area contributed by atoms with Crippen molar-refractivity contribution in [3.05, 3.63) is 36.0 Å². The van der Waals surface area contributed by atoms with Gasteiger partial charge in [0, 0.05) is 18.7 Å². The summed E-state index contributed by atoms with van der Waals surface area (Å²) in [5.41, 5.74) is 2.06. The first-order chi connectivity index (χ1) is 10.2. The molecule has 0 aliphatic carbocycles. The molecule has 1 aromatic heterocycles. The van der Waals surface area contributed by atoms with Crippen molar-refractivity contribution in [2.24, 2.45) is 0 Å². The summed E-state index contributed by atoms with van der Waals surface area (Å²) < 4.78 is 5.11. The molecule has 21 heavy (non-hydrogen) atoms. The lowest BCUT2D eigenvalue weighted by Crippen LogP contribution is -2.29. The summed E-state index contributed by atoms with van der Waals surface area (Å²) in [6.07, 6.45) is 0.212. The quantitative estimate of drug-likeness (QED) is 0.891. The number of aliphatic hydroxyl groups is 1. The number of aliphatic hydroxyl groups excluding tert-OH is 1. The van der Waals surface area contributed by atoms with E-state index in [0.717, 1.165) is 11.3 Å². The topological polar surface area (TPSA) is 78.5 Å². The molecule has 0 radical (unpaired) electrons. The van der Waals surface area contributed by atoms with Gasteiger partial charge in [0.2, 0.25) is 0 Å². The zero-order valence-electron chi connectivity index (χ0n) is 11.7. The number of likely N-dealkylation sites (tertiary alicyclic amines) is 1. The molecule has 110 valence electrons. The van der Waals surface area contributed by atoms with Crippen LogP contribution in [0.15, 0.2) is 30.3 Å². The fourth-order valence-electron chi connectivity index (χ4n) is 2.44. The highest BCUT2D eigenvalue weighted by molar-refractivity contribution is 5.93. The average Bonchev–Trinajstić information content (AvgIpc) is 3.16. The molecule has 1 aliphatic heterocycles. The molecule has 0 unspecified atom stereocenters. The van der Waals surface area contributed by atoms with Crippen molar-refractivity contribution in [2.75, 3.05) is 20.2 Å². The predicted octanol–water partition coefficient (Wildman–Crippen LogP) is 1.29. The summed E-state index contributed by atoms with van der Waals surface area (Å²) in [7, 11) is 1.62. The maximum absolute atomic E-state index is 12.3. The first-order valence-electron chi connectivity index (χ1n) is 6.84. The van der Waals surface area contributed by atoms with Crippen molar-refractivity contribution in [2.45, 2.75) is 12.5 Å². The monoisotopic (exact) mass is 287 g/mol. The van der Waals surface area contributed by atoms with Gasteiger partial charge in [-0.2, -0.15) is 5.10 Å². The Kier molecular flexibility index (Phi) is 3.62. The number of nitrogens with one attached hydrogen (secondary N) is 1. The third kappa shape index (κ3) is 2.75. The number of ether oxygens (including phenoxy) is 1. The number of carbonyl (C=O) groups is 1. The number of aromatic amines is 1. The van der Waals surface area contributed by atoms with Crippen LogP contribution in [-0.2, 0) is 0 Å². The van der Waals surface area contributed by atoms with E-state index in [1.165, 1.54) is 0 Å². The van der Waals surface area contributed by atoms with Crippen LogP contribution in [0.25, 0.3) is 11.3 Å². The van der Waals surface area contributed by atoms with E-state index in [1.807, 2.05) is 24.3 Å². The summed E-state index contributed by atoms with van der Waals surface area (Å²) in [6, 6.07) is 9.21. The van der Waals surface area contributed by atoms with Gasteiger partial charge in [0.05, 0.1) is 18.9 Å². The van der Waals surface area contributed by atoms with Crippen LogP contribution in [0.3, 0.4) is 0 Å². The second-order valence-corrected chi connectivity index (χ2v) is 5.09. The molecule has 1 aliphatic rings. The van der Waals surface area contributed by atoms with Crippen molar-refractivity contribution >= 4 is 5.91 Å². The van der Waals surface area contributed by atoms with E-state index in [4.69, 9.17) is 4.74 Å². The number of rotatable bonds is 3. The summed E-state index contributed by atoms with van der Waals surface area (Å²) in [6.45, 7) is 0.965. The van der Waals surface area contributed by atoms with E-state index >= 15 is 0 Å². The van der Waals surface area contributed by atoms with Crippen LogP contribution in [0.4, 0.5) is 0 Å². The number of nitrogens with zero attached hydrogens (tertiary/aromatic N) is 2. The normalized spacial score (nSPS) is 18.0. The number of H-pyrrole nitrogens is 1. The molecule has 0 spiro atoms. The summed E-state index contributed by atoms with van der Waals surface area (Å²) in [5, 5.41) is 16.4. The third-order valence-electron chi connectivity index (χ3n) is 3.64. The Labute approximate surface area is 122 Å². The van der Waals surface area contributed by atoms with Crippen LogP contribution in [0.2, 0.25) is 0 Å². The molecule has 1 aromatic carbocycles. The molecule has 1 atom stereocenters. The van der Waals surface area contributed by atoms with Crippen molar-refractivity contribution < 1.29 is 14.6 Å². The number of carbonyl (C=O) groups excluding carboxylic acids is 1. The molecule has 1 fully saturated rings. The van der Waals surface area contributed by atoms with Crippen LogP contribution in [0, 0.1) is 0 Å².